The summed E-state index contributed by atoms with van der Waals surface area (Å²) in [6.45, 7) is 6.86. The van der Waals surface area contributed by atoms with E-state index in [-0.39, 0.29) is 10.6 Å². The molecule has 0 aliphatic rings. The minimum atomic E-state index is -0.445. The summed E-state index contributed by atoms with van der Waals surface area (Å²) in [7, 11) is 0. The molecule has 0 aliphatic heterocycles. The molecule has 0 saturated heterocycles. The first-order chi connectivity index (χ1) is 8.87. The van der Waals surface area contributed by atoms with Gasteiger partial charge in [-0.15, -0.1) is 0 Å². The van der Waals surface area contributed by atoms with Crippen molar-refractivity contribution in [3.05, 3.63) is 40.8 Å². The van der Waals surface area contributed by atoms with Crippen molar-refractivity contribution >= 4 is 11.6 Å². The molecule has 0 spiro atoms. The zero-order valence-corrected chi connectivity index (χ0v) is 11.9. The van der Waals surface area contributed by atoms with Crippen LogP contribution < -0.4 is 5.32 Å². The van der Waals surface area contributed by atoms with Gasteiger partial charge in [0.05, 0.1) is 11.2 Å². The van der Waals surface area contributed by atoms with E-state index in [4.69, 9.17) is 16.1 Å². The van der Waals surface area contributed by atoms with Crippen LogP contribution in [0.25, 0.3) is 11.3 Å². The number of rotatable bonds is 3. The highest BCUT2D eigenvalue weighted by molar-refractivity contribution is 6.31. The molecule has 0 atom stereocenters. The number of nitrogens with zero attached hydrogens (tertiary/aromatic N) is 1. The topological polar surface area (TPSA) is 38.1 Å². The molecule has 0 unspecified atom stereocenters. The average Bonchev–Trinajstić information content (AvgIpc) is 2.77. The van der Waals surface area contributed by atoms with Crippen LogP contribution in [-0.2, 0) is 6.54 Å². The quantitative estimate of drug-likeness (QED) is 0.924. The Bertz CT molecular complexity index is 575. The van der Waals surface area contributed by atoms with Crippen LogP contribution in [0, 0.1) is 5.82 Å². The summed E-state index contributed by atoms with van der Waals surface area (Å²) in [6, 6.07) is 4.49. The monoisotopic (exact) mass is 282 g/mol. The number of aromatic nitrogens is 1. The maximum Gasteiger partial charge on any atom is 0.171 e. The Morgan fingerprint density at radius 3 is 2.74 bits per heavy atom. The summed E-state index contributed by atoms with van der Waals surface area (Å²) in [6.07, 6.45) is 1.66. The first kappa shape index (κ1) is 14.0. The first-order valence-electron chi connectivity index (χ1n) is 6.01. The van der Waals surface area contributed by atoms with Crippen molar-refractivity contribution < 1.29 is 8.91 Å². The maximum atomic E-state index is 13.2. The standard InChI is InChI=1S/C14H16ClFN2O/c1-14(2,3)17-7-10-8-18-19-13(10)9-4-5-12(16)11(15)6-9/h4-6,8,17H,7H2,1-3H3. The van der Waals surface area contributed by atoms with E-state index in [2.05, 4.69) is 31.2 Å². The summed E-state index contributed by atoms with van der Waals surface area (Å²) in [5.41, 5.74) is 1.63. The van der Waals surface area contributed by atoms with Crippen molar-refractivity contribution in [3.8, 4) is 11.3 Å². The van der Waals surface area contributed by atoms with E-state index < -0.39 is 5.82 Å². The van der Waals surface area contributed by atoms with Crippen LogP contribution >= 0.6 is 11.6 Å². The van der Waals surface area contributed by atoms with Gasteiger partial charge in [0, 0.05) is 23.2 Å². The summed E-state index contributed by atoms with van der Waals surface area (Å²) < 4.78 is 18.4. The predicted octanol–water partition coefficient (Wildman–Crippen LogP) is 4.02. The largest absolute Gasteiger partial charge is 0.356 e. The molecule has 0 saturated carbocycles. The summed E-state index contributed by atoms with van der Waals surface area (Å²) in [4.78, 5) is 0. The summed E-state index contributed by atoms with van der Waals surface area (Å²) >= 11 is 5.78. The first-order valence-corrected chi connectivity index (χ1v) is 6.38. The number of hydrogen-bond donors (Lipinski definition) is 1. The van der Waals surface area contributed by atoms with Gasteiger partial charge in [-0.05, 0) is 39.0 Å². The smallest absolute Gasteiger partial charge is 0.171 e. The molecule has 0 radical (unpaired) electrons. The second kappa shape index (κ2) is 5.31. The molecule has 0 aliphatic carbocycles. The van der Waals surface area contributed by atoms with E-state index in [0.717, 1.165) is 11.1 Å². The molecule has 0 fully saturated rings. The van der Waals surface area contributed by atoms with Crippen LogP contribution in [0.2, 0.25) is 5.02 Å². The van der Waals surface area contributed by atoms with Gasteiger partial charge in [0.15, 0.2) is 5.76 Å². The zero-order valence-electron chi connectivity index (χ0n) is 11.1. The van der Waals surface area contributed by atoms with E-state index in [1.165, 1.54) is 12.1 Å². The molecule has 1 heterocycles. The Balaban J connectivity index is 2.26. The fourth-order valence-electron chi connectivity index (χ4n) is 1.62. The van der Waals surface area contributed by atoms with Gasteiger partial charge in [0.1, 0.15) is 5.82 Å². The molecule has 0 amide bonds. The van der Waals surface area contributed by atoms with Gasteiger partial charge in [-0.3, -0.25) is 0 Å². The highest BCUT2D eigenvalue weighted by Gasteiger charge is 2.15. The minimum absolute atomic E-state index is 0.00498. The molecule has 3 nitrogen and oxygen atoms in total. The lowest BCUT2D eigenvalue weighted by Crippen LogP contribution is -2.35. The summed E-state index contributed by atoms with van der Waals surface area (Å²) in [5.74, 6) is 0.165. The molecule has 0 bridgehead atoms. The Morgan fingerprint density at radius 2 is 2.11 bits per heavy atom. The van der Waals surface area contributed by atoms with E-state index in [1.54, 1.807) is 12.3 Å². The van der Waals surface area contributed by atoms with Crippen molar-refractivity contribution in [2.45, 2.75) is 32.9 Å². The molecular weight excluding hydrogens is 267 g/mol. The van der Waals surface area contributed by atoms with Gasteiger partial charge in [-0.2, -0.15) is 0 Å². The molecule has 1 aromatic carbocycles. The van der Waals surface area contributed by atoms with Crippen molar-refractivity contribution in [3.63, 3.8) is 0 Å². The SMILES string of the molecule is CC(C)(C)NCc1cnoc1-c1ccc(F)c(Cl)c1. The van der Waals surface area contributed by atoms with Crippen molar-refractivity contribution in [1.29, 1.82) is 0 Å². The Hall–Kier alpha value is -1.39. The molecule has 1 N–H and O–H groups in total. The lowest BCUT2D eigenvalue weighted by Gasteiger charge is -2.20. The summed E-state index contributed by atoms with van der Waals surface area (Å²) in [5, 5.41) is 7.23. The van der Waals surface area contributed by atoms with Gasteiger partial charge < -0.3 is 9.84 Å². The fourth-order valence-corrected chi connectivity index (χ4v) is 1.80. The van der Waals surface area contributed by atoms with Crippen molar-refractivity contribution in [2.75, 3.05) is 0 Å². The Kier molecular flexibility index (Phi) is 3.92. The lowest BCUT2D eigenvalue weighted by molar-refractivity contribution is 0.418. The highest BCUT2D eigenvalue weighted by Crippen LogP contribution is 2.27. The van der Waals surface area contributed by atoms with E-state index >= 15 is 0 Å². The Labute approximate surface area is 116 Å². The third kappa shape index (κ3) is 3.55. The second-order valence-corrected chi connectivity index (χ2v) is 5.82. The number of hydrogen-bond acceptors (Lipinski definition) is 3. The van der Waals surface area contributed by atoms with Crippen LogP contribution in [-0.4, -0.2) is 10.7 Å². The van der Waals surface area contributed by atoms with Crippen LogP contribution in [0.15, 0.2) is 28.9 Å². The Morgan fingerprint density at radius 1 is 1.37 bits per heavy atom. The molecule has 19 heavy (non-hydrogen) atoms. The minimum Gasteiger partial charge on any atom is -0.356 e. The molecule has 5 heteroatoms. The highest BCUT2D eigenvalue weighted by atomic mass is 35.5. The fraction of sp³-hybridized carbons (Fsp3) is 0.357. The van der Waals surface area contributed by atoms with Crippen LogP contribution in [0.1, 0.15) is 26.3 Å². The predicted molar refractivity (Wildman–Crippen MR) is 73.5 cm³/mol. The molecule has 2 rings (SSSR count). The number of halogens is 2. The molecule has 2 aromatic rings. The van der Waals surface area contributed by atoms with E-state index in [9.17, 15) is 4.39 Å². The zero-order chi connectivity index (χ0) is 14.0. The third-order valence-electron chi connectivity index (χ3n) is 2.64. The lowest BCUT2D eigenvalue weighted by atomic mass is 10.1. The second-order valence-electron chi connectivity index (χ2n) is 5.41. The maximum absolute atomic E-state index is 13.2. The van der Waals surface area contributed by atoms with Crippen LogP contribution in [0.4, 0.5) is 4.39 Å². The van der Waals surface area contributed by atoms with E-state index in [0.29, 0.717) is 12.3 Å². The van der Waals surface area contributed by atoms with Crippen LogP contribution in [0.3, 0.4) is 0 Å². The normalized spacial score (nSPS) is 11.8. The van der Waals surface area contributed by atoms with Crippen molar-refractivity contribution in [2.24, 2.45) is 0 Å². The van der Waals surface area contributed by atoms with Gasteiger partial charge in [-0.25, -0.2) is 4.39 Å². The molecule has 102 valence electrons. The van der Waals surface area contributed by atoms with Crippen LogP contribution in [0.5, 0.6) is 0 Å². The molecule has 1 aromatic heterocycles. The average molecular weight is 283 g/mol. The van der Waals surface area contributed by atoms with Gasteiger partial charge >= 0.3 is 0 Å². The van der Waals surface area contributed by atoms with E-state index in [1.807, 2.05) is 0 Å². The third-order valence-corrected chi connectivity index (χ3v) is 2.92. The number of nitrogens with one attached hydrogen (secondary N) is 1. The molecular formula is C14H16ClFN2O. The van der Waals surface area contributed by atoms with Gasteiger partial charge in [0.2, 0.25) is 0 Å². The number of benzene rings is 1. The van der Waals surface area contributed by atoms with Gasteiger partial charge in [-0.1, -0.05) is 16.8 Å². The van der Waals surface area contributed by atoms with Gasteiger partial charge in [0.25, 0.3) is 0 Å². The van der Waals surface area contributed by atoms with Crippen molar-refractivity contribution in [1.82, 2.24) is 10.5 Å².